The minimum absolute atomic E-state index is 0.223. The van der Waals surface area contributed by atoms with Crippen molar-refractivity contribution >= 4 is 19.7 Å². The van der Waals surface area contributed by atoms with Crippen molar-refractivity contribution in [2.75, 3.05) is 0 Å². The Bertz CT molecular complexity index is 703. The Labute approximate surface area is 117 Å². The number of halogens is 3. The van der Waals surface area contributed by atoms with Gasteiger partial charge in [0, 0.05) is 23.1 Å². The third-order valence-corrected chi connectivity index (χ3v) is 3.55. The van der Waals surface area contributed by atoms with Crippen molar-refractivity contribution in [3.63, 3.8) is 0 Å². The van der Waals surface area contributed by atoms with Crippen molar-refractivity contribution in [3.05, 3.63) is 48.1 Å². The lowest BCUT2D eigenvalue weighted by Crippen LogP contribution is -2.04. The molecule has 1 aromatic heterocycles. The molecule has 0 spiro atoms. The zero-order chi connectivity index (χ0) is 14.8. The quantitative estimate of drug-likeness (QED) is 0.808. The molecule has 9 heteroatoms. The first-order valence-electron chi connectivity index (χ1n) is 5.20. The van der Waals surface area contributed by atoms with Crippen molar-refractivity contribution in [3.8, 4) is 5.75 Å². The molecule has 0 bridgehead atoms. The first-order chi connectivity index (χ1) is 9.38. The molecule has 5 nitrogen and oxygen atoms in total. The molecule has 0 saturated heterocycles. The molecule has 0 saturated carbocycles. The summed E-state index contributed by atoms with van der Waals surface area (Å²) in [5.41, 5.74) is 0. The summed E-state index contributed by atoms with van der Waals surface area (Å²) >= 11 is 0. The number of hydrogen-bond acceptors (Lipinski definition) is 5. The average molecular weight is 321 g/mol. The van der Waals surface area contributed by atoms with Crippen LogP contribution in [0, 0.1) is 11.6 Å². The van der Waals surface area contributed by atoms with Crippen LogP contribution in [0.15, 0.2) is 35.5 Å². The molecule has 0 aliphatic carbocycles. The van der Waals surface area contributed by atoms with E-state index in [0.29, 0.717) is 12.1 Å². The van der Waals surface area contributed by atoms with Crippen molar-refractivity contribution in [1.29, 1.82) is 0 Å². The Hall–Kier alpha value is -1.80. The zero-order valence-electron chi connectivity index (χ0n) is 9.76. The van der Waals surface area contributed by atoms with E-state index in [1.165, 1.54) is 12.4 Å². The van der Waals surface area contributed by atoms with Crippen molar-refractivity contribution in [2.24, 2.45) is 0 Å². The monoisotopic (exact) mass is 320 g/mol. The molecule has 0 fully saturated rings. The van der Waals surface area contributed by atoms with Gasteiger partial charge in [-0.3, -0.25) is 0 Å². The SMILES string of the molecule is O=S(=O)(Cl)c1cc(F)c(OCc2ncccn2)c(F)c1. The van der Waals surface area contributed by atoms with E-state index < -0.39 is 31.3 Å². The first kappa shape index (κ1) is 14.6. The second-order valence-corrected chi connectivity index (χ2v) is 6.17. The number of benzene rings is 1. The maximum absolute atomic E-state index is 13.6. The van der Waals surface area contributed by atoms with E-state index in [-0.39, 0.29) is 12.4 Å². The van der Waals surface area contributed by atoms with Gasteiger partial charge < -0.3 is 4.74 Å². The van der Waals surface area contributed by atoms with E-state index in [1.54, 1.807) is 6.07 Å². The molecular weight excluding hydrogens is 314 g/mol. The van der Waals surface area contributed by atoms with Gasteiger partial charge in [0.25, 0.3) is 9.05 Å². The van der Waals surface area contributed by atoms with Gasteiger partial charge in [-0.15, -0.1) is 0 Å². The highest BCUT2D eigenvalue weighted by molar-refractivity contribution is 8.13. The first-order valence-corrected chi connectivity index (χ1v) is 7.51. The smallest absolute Gasteiger partial charge is 0.261 e. The van der Waals surface area contributed by atoms with Crippen LogP contribution in [0.4, 0.5) is 8.78 Å². The van der Waals surface area contributed by atoms with Crippen LogP contribution in [0.3, 0.4) is 0 Å². The Morgan fingerprint density at radius 3 is 2.20 bits per heavy atom. The lowest BCUT2D eigenvalue weighted by molar-refractivity contribution is 0.265. The summed E-state index contributed by atoms with van der Waals surface area (Å²) in [4.78, 5) is 6.94. The molecular formula is C11H7ClF2N2O3S. The van der Waals surface area contributed by atoms with E-state index in [2.05, 4.69) is 9.97 Å². The Kier molecular flexibility index (Phi) is 4.15. The van der Waals surface area contributed by atoms with Crippen LogP contribution >= 0.6 is 10.7 Å². The molecule has 0 N–H and O–H groups in total. The molecule has 1 aromatic carbocycles. The lowest BCUT2D eigenvalue weighted by Gasteiger charge is -2.08. The van der Waals surface area contributed by atoms with Crippen LogP contribution < -0.4 is 4.74 Å². The van der Waals surface area contributed by atoms with Gasteiger partial charge in [-0.2, -0.15) is 0 Å². The number of rotatable bonds is 4. The van der Waals surface area contributed by atoms with Crippen molar-refractivity contribution in [1.82, 2.24) is 9.97 Å². The summed E-state index contributed by atoms with van der Waals surface area (Å²) in [7, 11) is 0.786. The third kappa shape index (κ3) is 3.40. The predicted molar refractivity (Wildman–Crippen MR) is 65.8 cm³/mol. The van der Waals surface area contributed by atoms with Crippen LogP contribution in [0.2, 0.25) is 0 Å². The summed E-state index contributed by atoms with van der Waals surface area (Å²) in [6, 6.07) is 2.73. The van der Waals surface area contributed by atoms with E-state index >= 15 is 0 Å². The molecule has 2 rings (SSSR count). The van der Waals surface area contributed by atoms with Gasteiger partial charge in [-0.1, -0.05) is 0 Å². The summed E-state index contributed by atoms with van der Waals surface area (Å²) in [6.07, 6.45) is 2.89. The molecule has 1 heterocycles. The largest absolute Gasteiger partial charge is 0.479 e. The van der Waals surface area contributed by atoms with Gasteiger partial charge in [0.1, 0.15) is 6.61 Å². The molecule has 106 valence electrons. The fourth-order valence-corrected chi connectivity index (χ4v) is 2.11. The fraction of sp³-hybridized carbons (Fsp3) is 0.0909. The van der Waals surface area contributed by atoms with E-state index in [9.17, 15) is 17.2 Å². The molecule has 2 aromatic rings. The third-order valence-electron chi connectivity index (χ3n) is 2.22. The molecule has 0 radical (unpaired) electrons. The predicted octanol–water partition coefficient (Wildman–Crippen LogP) is 2.26. The minimum Gasteiger partial charge on any atom is -0.479 e. The number of ether oxygens (including phenoxy) is 1. The van der Waals surface area contributed by atoms with E-state index in [0.717, 1.165) is 0 Å². The Balaban J connectivity index is 2.25. The van der Waals surface area contributed by atoms with Gasteiger partial charge in [-0.05, 0) is 18.2 Å². The fourth-order valence-electron chi connectivity index (χ4n) is 1.36. The van der Waals surface area contributed by atoms with Crippen molar-refractivity contribution in [2.45, 2.75) is 11.5 Å². The molecule has 0 atom stereocenters. The summed E-state index contributed by atoms with van der Waals surface area (Å²) in [5, 5.41) is 0. The summed E-state index contributed by atoms with van der Waals surface area (Å²) in [5.74, 6) is -2.86. The van der Waals surface area contributed by atoms with Crippen molar-refractivity contribution < 1.29 is 21.9 Å². The van der Waals surface area contributed by atoms with Gasteiger partial charge in [-0.25, -0.2) is 27.2 Å². The minimum atomic E-state index is -4.22. The van der Waals surface area contributed by atoms with Gasteiger partial charge >= 0.3 is 0 Å². The summed E-state index contributed by atoms with van der Waals surface area (Å²) < 4.78 is 54.1. The normalized spacial score (nSPS) is 11.3. The maximum Gasteiger partial charge on any atom is 0.261 e. The highest BCUT2D eigenvalue weighted by Crippen LogP contribution is 2.27. The van der Waals surface area contributed by atoms with Gasteiger partial charge in [0.05, 0.1) is 4.90 Å². The second kappa shape index (κ2) is 5.68. The number of nitrogens with zero attached hydrogens (tertiary/aromatic N) is 2. The second-order valence-electron chi connectivity index (χ2n) is 3.61. The van der Waals surface area contributed by atoms with Crippen LogP contribution in [0.1, 0.15) is 5.82 Å². The van der Waals surface area contributed by atoms with Gasteiger partial charge in [0.15, 0.2) is 23.2 Å². The summed E-state index contributed by atoms with van der Waals surface area (Å²) in [6.45, 7) is -0.262. The average Bonchev–Trinajstić information content (AvgIpc) is 2.37. The Morgan fingerprint density at radius 2 is 1.70 bits per heavy atom. The molecule has 0 aliphatic rings. The molecule has 0 amide bonds. The van der Waals surface area contributed by atoms with Crippen LogP contribution in [0.5, 0.6) is 5.75 Å². The van der Waals surface area contributed by atoms with E-state index in [1.807, 2.05) is 0 Å². The number of hydrogen-bond donors (Lipinski definition) is 0. The van der Waals surface area contributed by atoms with Crippen LogP contribution in [-0.2, 0) is 15.7 Å². The standard InChI is InChI=1S/C11H7ClF2N2O3S/c12-20(17,18)7-4-8(13)11(9(14)5-7)19-6-10-15-2-1-3-16-10/h1-5H,6H2. The van der Waals surface area contributed by atoms with E-state index in [4.69, 9.17) is 15.4 Å². The number of aromatic nitrogens is 2. The van der Waals surface area contributed by atoms with Crippen LogP contribution in [-0.4, -0.2) is 18.4 Å². The van der Waals surface area contributed by atoms with Gasteiger partial charge in [0.2, 0.25) is 0 Å². The highest BCUT2D eigenvalue weighted by Gasteiger charge is 2.19. The van der Waals surface area contributed by atoms with Crippen LogP contribution in [0.25, 0.3) is 0 Å². The zero-order valence-corrected chi connectivity index (χ0v) is 11.3. The molecule has 0 aliphatic heterocycles. The molecule has 0 unspecified atom stereocenters. The molecule has 20 heavy (non-hydrogen) atoms. The maximum atomic E-state index is 13.6. The topological polar surface area (TPSA) is 69.2 Å². The highest BCUT2D eigenvalue weighted by atomic mass is 35.7. The lowest BCUT2D eigenvalue weighted by atomic mass is 10.3. The Morgan fingerprint density at radius 1 is 1.15 bits per heavy atom.